The van der Waals surface area contributed by atoms with E-state index in [2.05, 4.69) is 0 Å². The van der Waals surface area contributed by atoms with Crippen LogP contribution in [0.4, 0.5) is 4.79 Å². The number of nitrogens with two attached hydrogens (primary N) is 1. The van der Waals surface area contributed by atoms with Crippen LogP contribution in [0.1, 0.15) is 52.0 Å². The van der Waals surface area contributed by atoms with Gasteiger partial charge in [0.2, 0.25) is 0 Å². The third-order valence-corrected chi connectivity index (χ3v) is 4.50. The summed E-state index contributed by atoms with van der Waals surface area (Å²) in [6.45, 7) is 6.39. The predicted octanol–water partition coefficient (Wildman–Crippen LogP) is 3.24. The number of ether oxygens (including phenoxy) is 2. The third kappa shape index (κ3) is 4.97. The SMILES string of the molecule is CC(C)(C)OC(=O)C1(CCN)CCCCN1C(=O)OCc1ccccc1. The summed E-state index contributed by atoms with van der Waals surface area (Å²) in [6, 6.07) is 9.48. The quantitative estimate of drug-likeness (QED) is 0.813. The van der Waals surface area contributed by atoms with Gasteiger partial charge in [-0.25, -0.2) is 9.59 Å². The number of esters is 1. The third-order valence-electron chi connectivity index (χ3n) is 4.50. The second-order valence-electron chi connectivity index (χ2n) is 7.72. The molecule has 1 aliphatic heterocycles. The Balaban J connectivity index is 2.18. The number of hydrogen-bond donors (Lipinski definition) is 1. The number of carbonyl (C=O) groups excluding carboxylic acids is 2. The van der Waals surface area contributed by atoms with Gasteiger partial charge in [-0.05, 0) is 58.6 Å². The molecule has 1 heterocycles. The molecule has 0 saturated carbocycles. The van der Waals surface area contributed by atoms with Crippen LogP contribution in [-0.2, 0) is 20.9 Å². The Morgan fingerprint density at radius 2 is 1.88 bits per heavy atom. The molecule has 1 saturated heterocycles. The van der Waals surface area contributed by atoms with Crippen LogP contribution in [-0.4, -0.2) is 41.2 Å². The van der Waals surface area contributed by atoms with E-state index in [9.17, 15) is 9.59 Å². The highest BCUT2D eigenvalue weighted by Gasteiger charge is 2.50. The van der Waals surface area contributed by atoms with Gasteiger partial charge in [0.15, 0.2) is 0 Å². The van der Waals surface area contributed by atoms with Crippen LogP contribution in [0.25, 0.3) is 0 Å². The molecule has 1 aliphatic rings. The Kier molecular flexibility index (Phi) is 6.64. The van der Waals surface area contributed by atoms with Gasteiger partial charge in [-0.1, -0.05) is 30.3 Å². The van der Waals surface area contributed by atoms with Gasteiger partial charge in [0.05, 0.1) is 0 Å². The van der Waals surface area contributed by atoms with Crippen molar-refractivity contribution in [2.45, 2.75) is 64.2 Å². The second kappa shape index (κ2) is 8.54. The largest absolute Gasteiger partial charge is 0.458 e. The van der Waals surface area contributed by atoms with Crippen LogP contribution in [0.2, 0.25) is 0 Å². The highest BCUT2D eigenvalue weighted by atomic mass is 16.6. The zero-order valence-corrected chi connectivity index (χ0v) is 16.0. The molecule has 1 amide bonds. The smallest absolute Gasteiger partial charge is 0.411 e. The maximum absolute atomic E-state index is 13.0. The average Bonchev–Trinajstić information content (AvgIpc) is 2.59. The lowest BCUT2D eigenvalue weighted by Crippen LogP contribution is -2.61. The number of nitrogens with zero attached hydrogens (tertiary/aromatic N) is 1. The fourth-order valence-corrected chi connectivity index (χ4v) is 3.29. The maximum Gasteiger partial charge on any atom is 0.411 e. The first-order valence-electron chi connectivity index (χ1n) is 9.20. The van der Waals surface area contributed by atoms with Crippen molar-refractivity contribution in [2.24, 2.45) is 5.73 Å². The first kappa shape index (κ1) is 20.2. The first-order valence-corrected chi connectivity index (χ1v) is 9.20. The Labute approximate surface area is 155 Å². The van der Waals surface area contributed by atoms with Crippen molar-refractivity contribution in [3.05, 3.63) is 35.9 Å². The van der Waals surface area contributed by atoms with E-state index in [1.54, 1.807) is 0 Å². The van der Waals surface area contributed by atoms with Crippen LogP contribution >= 0.6 is 0 Å². The van der Waals surface area contributed by atoms with Crippen LogP contribution in [0.3, 0.4) is 0 Å². The molecule has 1 aromatic carbocycles. The monoisotopic (exact) mass is 362 g/mol. The van der Waals surface area contributed by atoms with Crippen LogP contribution in [0.5, 0.6) is 0 Å². The number of hydrogen-bond acceptors (Lipinski definition) is 5. The van der Waals surface area contributed by atoms with E-state index in [1.807, 2.05) is 51.1 Å². The minimum Gasteiger partial charge on any atom is -0.458 e. The maximum atomic E-state index is 13.0. The zero-order valence-electron chi connectivity index (χ0n) is 16.0. The van der Waals surface area contributed by atoms with Crippen LogP contribution in [0.15, 0.2) is 30.3 Å². The standard InChI is InChI=1S/C20H30N2O4/c1-19(2,3)26-17(23)20(12-13-21)11-7-8-14-22(20)18(24)25-15-16-9-5-4-6-10-16/h4-6,9-10H,7-8,11-15,21H2,1-3H3. The molecule has 1 aromatic rings. The number of benzene rings is 1. The van der Waals surface area contributed by atoms with Gasteiger partial charge >= 0.3 is 12.1 Å². The van der Waals surface area contributed by atoms with Gasteiger partial charge in [0.25, 0.3) is 0 Å². The molecule has 26 heavy (non-hydrogen) atoms. The van der Waals surface area contributed by atoms with Gasteiger partial charge in [0, 0.05) is 6.54 Å². The molecule has 144 valence electrons. The predicted molar refractivity (Wildman–Crippen MR) is 99.4 cm³/mol. The molecule has 1 fully saturated rings. The Bertz CT molecular complexity index is 608. The number of piperidine rings is 1. The molecular weight excluding hydrogens is 332 g/mol. The molecule has 2 rings (SSSR count). The van der Waals surface area contributed by atoms with Gasteiger partial charge in [-0.15, -0.1) is 0 Å². The van der Waals surface area contributed by atoms with Gasteiger partial charge in [-0.3, -0.25) is 4.90 Å². The highest BCUT2D eigenvalue weighted by Crippen LogP contribution is 2.34. The van der Waals surface area contributed by atoms with Crippen molar-refractivity contribution in [1.82, 2.24) is 4.90 Å². The summed E-state index contributed by atoms with van der Waals surface area (Å²) in [4.78, 5) is 27.3. The normalized spacial score (nSPS) is 20.5. The van der Waals surface area contributed by atoms with Crippen molar-refractivity contribution < 1.29 is 19.1 Å². The van der Waals surface area contributed by atoms with E-state index >= 15 is 0 Å². The lowest BCUT2D eigenvalue weighted by Gasteiger charge is -2.45. The minimum atomic E-state index is -1.05. The van der Waals surface area contributed by atoms with E-state index in [0.717, 1.165) is 18.4 Å². The van der Waals surface area contributed by atoms with Crippen LogP contribution in [0, 0.1) is 0 Å². The summed E-state index contributed by atoms with van der Waals surface area (Å²) in [5.41, 5.74) is 5.01. The Morgan fingerprint density at radius 1 is 1.19 bits per heavy atom. The number of carbonyl (C=O) groups is 2. The lowest BCUT2D eigenvalue weighted by molar-refractivity contribution is -0.172. The van der Waals surface area contributed by atoms with Crippen molar-refractivity contribution in [1.29, 1.82) is 0 Å². The molecule has 2 N–H and O–H groups in total. The second-order valence-corrected chi connectivity index (χ2v) is 7.72. The molecule has 6 heteroatoms. The van der Waals surface area contributed by atoms with E-state index < -0.39 is 23.2 Å². The molecule has 0 spiro atoms. The fourth-order valence-electron chi connectivity index (χ4n) is 3.29. The molecule has 0 bridgehead atoms. The molecule has 0 radical (unpaired) electrons. The lowest BCUT2D eigenvalue weighted by atomic mass is 9.83. The molecular formula is C20H30N2O4. The molecule has 6 nitrogen and oxygen atoms in total. The zero-order chi connectivity index (χ0) is 19.2. The fraction of sp³-hybridized carbons (Fsp3) is 0.600. The van der Waals surface area contributed by atoms with E-state index in [4.69, 9.17) is 15.2 Å². The van der Waals surface area contributed by atoms with Gasteiger partial charge < -0.3 is 15.2 Å². The van der Waals surface area contributed by atoms with Gasteiger partial charge in [-0.2, -0.15) is 0 Å². The average molecular weight is 362 g/mol. The van der Waals surface area contributed by atoms with Crippen molar-refractivity contribution in [3.8, 4) is 0 Å². The first-order chi connectivity index (χ1) is 12.3. The van der Waals surface area contributed by atoms with Crippen molar-refractivity contribution in [3.63, 3.8) is 0 Å². The summed E-state index contributed by atoms with van der Waals surface area (Å²) >= 11 is 0. The Hall–Kier alpha value is -2.08. The number of amides is 1. The number of rotatable bonds is 5. The van der Waals surface area contributed by atoms with Crippen molar-refractivity contribution in [2.75, 3.05) is 13.1 Å². The summed E-state index contributed by atoms with van der Waals surface area (Å²) in [7, 11) is 0. The van der Waals surface area contributed by atoms with Crippen molar-refractivity contribution >= 4 is 12.1 Å². The van der Waals surface area contributed by atoms with E-state index in [0.29, 0.717) is 25.9 Å². The summed E-state index contributed by atoms with van der Waals surface area (Å²) in [6.07, 6.45) is 2.09. The molecule has 0 aliphatic carbocycles. The Morgan fingerprint density at radius 3 is 2.50 bits per heavy atom. The highest BCUT2D eigenvalue weighted by molar-refractivity contribution is 5.86. The molecule has 1 atom stereocenters. The van der Waals surface area contributed by atoms with Gasteiger partial charge in [0.1, 0.15) is 17.7 Å². The summed E-state index contributed by atoms with van der Waals surface area (Å²) in [5, 5.41) is 0. The van der Waals surface area contributed by atoms with Crippen LogP contribution < -0.4 is 5.73 Å². The number of likely N-dealkylation sites (tertiary alicyclic amines) is 1. The summed E-state index contributed by atoms with van der Waals surface area (Å²) in [5.74, 6) is -0.396. The minimum absolute atomic E-state index is 0.170. The van der Waals surface area contributed by atoms with E-state index in [1.165, 1.54) is 4.90 Å². The topological polar surface area (TPSA) is 81.9 Å². The summed E-state index contributed by atoms with van der Waals surface area (Å²) < 4.78 is 11.1. The molecule has 1 unspecified atom stereocenters. The van der Waals surface area contributed by atoms with E-state index in [-0.39, 0.29) is 6.61 Å². The molecule has 0 aromatic heterocycles.